The minimum absolute atomic E-state index is 0.00996. The number of rotatable bonds is 10. The fourth-order valence-corrected chi connectivity index (χ4v) is 5.57. The molecule has 0 spiro atoms. The van der Waals surface area contributed by atoms with Crippen molar-refractivity contribution in [3.63, 3.8) is 0 Å². The van der Waals surface area contributed by atoms with E-state index in [4.69, 9.17) is 9.47 Å². The van der Waals surface area contributed by atoms with Gasteiger partial charge in [0.25, 0.3) is 0 Å². The molecule has 1 N–H and O–H groups in total. The highest BCUT2D eigenvalue weighted by atomic mass is 32.2. The van der Waals surface area contributed by atoms with Crippen LogP contribution < -0.4 is 14.8 Å². The molecule has 0 aliphatic heterocycles. The first kappa shape index (κ1) is 26.2. The number of sulfone groups is 1. The Kier molecular flexibility index (Phi) is 8.14. The maximum Gasteiger partial charge on any atom is 0.234 e. The van der Waals surface area contributed by atoms with Crippen LogP contribution in [0.5, 0.6) is 11.5 Å². The number of aromatic nitrogens is 3. The molecule has 4 rings (SSSR count). The molecule has 0 unspecified atom stereocenters. The van der Waals surface area contributed by atoms with Crippen LogP contribution in [0.15, 0.2) is 82.8 Å². The largest absolute Gasteiger partial charge is 0.497 e. The zero-order valence-electron chi connectivity index (χ0n) is 20.5. The molecule has 11 heteroatoms. The van der Waals surface area contributed by atoms with Crippen molar-refractivity contribution in [1.82, 2.24) is 14.8 Å². The van der Waals surface area contributed by atoms with Gasteiger partial charge in [-0.05, 0) is 43.3 Å². The van der Waals surface area contributed by atoms with Gasteiger partial charge in [0.2, 0.25) is 5.91 Å². The summed E-state index contributed by atoms with van der Waals surface area (Å²) in [5.74, 6) is 0.696. The van der Waals surface area contributed by atoms with Crippen molar-refractivity contribution < 1.29 is 22.7 Å². The highest BCUT2D eigenvalue weighted by Crippen LogP contribution is 2.30. The van der Waals surface area contributed by atoms with E-state index in [0.29, 0.717) is 28.0 Å². The van der Waals surface area contributed by atoms with Crippen LogP contribution in [0.3, 0.4) is 0 Å². The second kappa shape index (κ2) is 11.5. The maximum atomic E-state index is 13.1. The normalized spacial score (nSPS) is 11.2. The molecule has 0 saturated heterocycles. The molecule has 3 aromatic carbocycles. The van der Waals surface area contributed by atoms with E-state index >= 15 is 0 Å². The standard InChI is InChI=1S/C26H26N4O5S2/c1-18-9-12-21(13-10-18)37(32,33)17-24-28-29-26(30(24)19-7-5-4-6-8-19)36-16-25(31)27-22-15-20(34-2)11-14-23(22)35-3/h4-15H,16-17H2,1-3H3,(H,27,31). The van der Waals surface area contributed by atoms with E-state index in [1.165, 1.54) is 14.2 Å². The van der Waals surface area contributed by atoms with Crippen LogP contribution in [-0.2, 0) is 20.4 Å². The van der Waals surface area contributed by atoms with Gasteiger partial charge in [0.15, 0.2) is 20.8 Å². The molecule has 192 valence electrons. The molecule has 37 heavy (non-hydrogen) atoms. The molecule has 4 aromatic rings. The predicted octanol–water partition coefficient (Wildman–Crippen LogP) is 4.30. The number of aryl methyl sites for hydroxylation is 1. The van der Waals surface area contributed by atoms with Gasteiger partial charge in [-0.3, -0.25) is 9.36 Å². The molecule has 0 bridgehead atoms. The Morgan fingerprint density at radius 1 is 0.973 bits per heavy atom. The number of hydrogen-bond donors (Lipinski definition) is 1. The minimum Gasteiger partial charge on any atom is -0.497 e. The summed E-state index contributed by atoms with van der Waals surface area (Å²) < 4.78 is 38.4. The number of benzene rings is 3. The van der Waals surface area contributed by atoms with E-state index in [2.05, 4.69) is 15.5 Å². The number of amides is 1. The first-order valence-corrected chi connectivity index (χ1v) is 13.9. The van der Waals surface area contributed by atoms with Gasteiger partial charge in [-0.15, -0.1) is 10.2 Å². The predicted molar refractivity (Wildman–Crippen MR) is 142 cm³/mol. The molecule has 0 radical (unpaired) electrons. The molecule has 0 atom stereocenters. The van der Waals surface area contributed by atoms with Gasteiger partial charge < -0.3 is 14.8 Å². The van der Waals surface area contributed by atoms with Crippen molar-refractivity contribution in [3.05, 3.63) is 84.2 Å². The number of para-hydroxylation sites is 1. The number of carbonyl (C=O) groups excluding carboxylic acids is 1. The van der Waals surface area contributed by atoms with E-state index < -0.39 is 9.84 Å². The highest BCUT2D eigenvalue weighted by Gasteiger charge is 2.23. The van der Waals surface area contributed by atoms with Crippen molar-refractivity contribution in [2.24, 2.45) is 0 Å². The average molecular weight is 539 g/mol. The number of nitrogens with zero attached hydrogens (tertiary/aromatic N) is 3. The van der Waals surface area contributed by atoms with Gasteiger partial charge in [0.05, 0.1) is 30.6 Å². The highest BCUT2D eigenvalue weighted by molar-refractivity contribution is 7.99. The molecule has 1 heterocycles. The lowest BCUT2D eigenvalue weighted by Gasteiger charge is -2.12. The molecule has 0 aliphatic rings. The Bertz CT molecular complexity index is 1490. The van der Waals surface area contributed by atoms with E-state index in [1.807, 2.05) is 37.3 Å². The van der Waals surface area contributed by atoms with Gasteiger partial charge in [-0.25, -0.2) is 8.42 Å². The van der Waals surface area contributed by atoms with Gasteiger partial charge in [0.1, 0.15) is 17.3 Å². The molecule has 1 amide bonds. The van der Waals surface area contributed by atoms with Gasteiger partial charge >= 0.3 is 0 Å². The summed E-state index contributed by atoms with van der Waals surface area (Å²) in [5, 5.41) is 11.6. The SMILES string of the molecule is COc1ccc(OC)c(NC(=O)CSc2nnc(CS(=O)(=O)c3ccc(C)cc3)n2-c2ccccc2)c1. The van der Waals surface area contributed by atoms with Gasteiger partial charge in [-0.2, -0.15) is 0 Å². The zero-order valence-corrected chi connectivity index (χ0v) is 22.2. The third kappa shape index (κ3) is 6.30. The zero-order chi connectivity index (χ0) is 26.4. The smallest absolute Gasteiger partial charge is 0.234 e. The van der Waals surface area contributed by atoms with E-state index in [0.717, 1.165) is 17.3 Å². The van der Waals surface area contributed by atoms with Crippen molar-refractivity contribution in [2.75, 3.05) is 25.3 Å². The summed E-state index contributed by atoms with van der Waals surface area (Å²) in [6.45, 7) is 1.90. The molecule has 1 aromatic heterocycles. The first-order chi connectivity index (χ1) is 17.8. The Hall–Kier alpha value is -3.83. The summed E-state index contributed by atoms with van der Waals surface area (Å²) in [4.78, 5) is 13.0. The van der Waals surface area contributed by atoms with Crippen LogP contribution in [0, 0.1) is 6.92 Å². The fourth-order valence-electron chi connectivity index (χ4n) is 3.55. The summed E-state index contributed by atoms with van der Waals surface area (Å²) in [6, 6.07) is 21.0. The Morgan fingerprint density at radius 3 is 2.38 bits per heavy atom. The van der Waals surface area contributed by atoms with Crippen molar-refractivity contribution in [3.8, 4) is 17.2 Å². The summed E-state index contributed by atoms with van der Waals surface area (Å²) in [5.41, 5.74) is 2.13. The van der Waals surface area contributed by atoms with Crippen molar-refractivity contribution >= 4 is 33.2 Å². The third-order valence-corrected chi connectivity index (χ3v) is 7.98. The Labute approximate surface area is 219 Å². The van der Waals surface area contributed by atoms with Crippen LogP contribution in [0.4, 0.5) is 5.69 Å². The van der Waals surface area contributed by atoms with E-state index in [-0.39, 0.29) is 28.1 Å². The van der Waals surface area contributed by atoms with E-state index in [1.54, 1.807) is 47.0 Å². The molecule has 0 fully saturated rings. The molecular weight excluding hydrogens is 512 g/mol. The third-order valence-electron chi connectivity index (χ3n) is 5.43. The van der Waals surface area contributed by atoms with Crippen LogP contribution in [0.2, 0.25) is 0 Å². The number of anilines is 1. The summed E-state index contributed by atoms with van der Waals surface area (Å²) in [6.07, 6.45) is 0. The molecular formula is C26H26N4O5S2. The lowest BCUT2D eigenvalue weighted by molar-refractivity contribution is -0.113. The van der Waals surface area contributed by atoms with Gasteiger partial charge in [-0.1, -0.05) is 47.7 Å². The van der Waals surface area contributed by atoms with Crippen molar-refractivity contribution in [1.29, 1.82) is 0 Å². The number of thioether (sulfide) groups is 1. The quantitative estimate of drug-likeness (QED) is 0.298. The second-order valence-electron chi connectivity index (χ2n) is 8.04. The van der Waals surface area contributed by atoms with Gasteiger partial charge in [0, 0.05) is 11.8 Å². The Morgan fingerprint density at radius 2 is 1.70 bits per heavy atom. The first-order valence-electron chi connectivity index (χ1n) is 11.2. The fraction of sp³-hybridized carbons (Fsp3) is 0.192. The average Bonchev–Trinajstić information content (AvgIpc) is 3.29. The monoisotopic (exact) mass is 538 g/mol. The topological polar surface area (TPSA) is 112 Å². The van der Waals surface area contributed by atoms with E-state index in [9.17, 15) is 13.2 Å². The lowest BCUT2D eigenvalue weighted by atomic mass is 10.2. The summed E-state index contributed by atoms with van der Waals surface area (Å²) >= 11 is 1.15. The second-order valence-corrected chi connectivity index (χ2v) is 11.0. The molecule has 9 nitrogen and oxygen atoms in total. The number of methoxy groups -OCH3 is 2. The molecule has 0 aliphatic carbocycles. The van der Waals surface area contributed by atoms with Crippen LogP contribution >= 0.6 is 11.8 Å². The van der Waals surface area contributed by atoms with Crippen molar-refractivity contribution in [2.45, 2.75) is 22.7 Å². The number of ether oxygens (including phenoxy) is 2. The van der Waals surface area contributed by atoms with Crippen LogP contribution in [0.1, 0.15) is 11.4 Å². The maximum absolute atomic E-state index is 13.1. The minimum atomic E-state index is -3.67. The Balaban J connectivity index is 1.57. The van der Waals surface area contributed by atoms with Crippen LogP contribution in [-0.4, -0.2) is 49.1 Å². The van der Waals surface area contributed by atoms with Crippen LogP contribution in [0.25, 0.3) is 5.69 Å². The summed E-state index contributed by atoms with van der Waals surface area (Å²) in [7, 11) is -0.619. The number of carbonyl (C=O) groups is 1. The molecule has 0 saturated carbocycles. The number of nitrogens with one attached hydrogen (secondary N) is 1. The number of hydrogen-bond acceptors (Lipinski definition) is 8. The lowest BCUT2D eigenvalue weighted by Crippen LogP contribution is -2.15.